The molecule has 15 heavy (non-hydrogen) atoms. The van der Waals surface area contributed by atoms with Crippen molar-refractivity contribution >= 4 is 11.9 Å². The van der Waals surface area contributed by atoms with Crippen molar-refractivity contribution < 1.29 is 9.59 Å². The summed E-state index contributed by atoms with van der Waals surface area (Å²) in [6.07, 6.45) is 4.09. The smallest absolute Gasteiger partial charge is 0.324 e. The molecule has 0 atom stereocenters. The van der Waals surface area contributed by atoms with Crippen molar-refractivity contribution in [1.29, 1.82) is 0 Å². The monoisotopic (exact) mass is 210 g/mol. The minimum atomic E-state index is -0.204. The van der Waals surface area contributed by atoms with Gasteiger partial charge in [-0.25, -0.2) is 4.79 Å². The average Bonchev–Trinajstić information content (AvgIpc) is 2.48. The van der Waals surface area contributed by atoms with Gasteiger partial charge in [0.2, 0.25) is 5.91 Å². The third-order valence-corrected chi connectivity index (χ3v) is 3.55. The standard InChI is InChI=1S/C11H18N2O2/c1-11(2)5-3-8(4-6-11)13-9(14)7-12-10(13)15/h8H,3-7H2,1-2H3,(H,12,15). The first-order chi connectivity index (χ1) is 6.99. The Morgan fingerprint density at radius 1 is 1.27 bits per heavy atom. The van der Waals surface area contributed by atoms with Gasteiger partial charge in [-0.1, -0.05) is 13.8 Å². The maximum absolute atomic E-state index is 11.5. The molecule has 1 saturated heterocycles. The summed E-state index contributed by atoms with van der Waals surface area (Å²) in [4.78, 5) is 24.4. The molecule has 4 nitrogen and oxygen atoms in total. The van der Waals surface area contributed by atoms with Crippen molar-refractivity contribution in [2.75, 3.05) is 6.54 Å². The number of hydrogen-bond acceptors (Lipinski definition) is 2. The van der Waals surface area contributed by atoms with E-state index in [0.29, 0.717) is 5.41 Å². The summed E-state index contributed by atoms with van der Waals surface area (Å²) in [6, 6.07) is -0.0715. The highest BCUT2D eigenvalue weighted by atomic mass is 16.2. The molecule has 2 rings (SSSR count). The summed E-state index contributed by atoms with van der Waals surface area (Å²) in [7, 11) is 0. The number of hydrogen-bond donors (Lipinski definition) is 1. The molecule has 0 aromatic carbocycles. The second-order valence-electron chi connectivity index (χ2n) is 5.32. The summed E-state index contributed by atoms with van der Waals surface area (Å²) in [6.45, 7) is 4.67. The topological polar surface area (TPSA) is 49.4 Å². The quantitative estimate of drug-likeness (QED) is 0.667. The zero-order chi connectivity index (χ0) is 11.1. The Kier molecular flexibility index (Phi) is 2.44. The molecule has 0 bridgehead atoms. The van der Waals surface area contributed by atoms with Gasteiger partial charge >= 0.3 is 6.03 Å². The van der Waals surface area contributed by atoms with E-state index in [0.717, 1.165) is 25.7 Å². The summed E-state index contributed by atoms with van der Waals surface area (Å²) in [5.41, 5.74) is 0.371. The van der Waals surface area contributed by atoms with Crippen LogP contribution >= 0.6 is 0 Å². The molecule has 1 aliphatic heterocycles. The van der Waals surface area contributed by atoms with Crippen LogP contribution in [0, 0.1) is 5.41 Å². The van der Waals surface area contributed by atoms with E-state index in [-0.39, 0.29) is 24.5 Å². The predicted octanol–water partition coefficient (Wildman–Crippen LogP) is 1.51. The lowest BCUT2D eigenvalue weighted by Crippen LogP contribution is -2.43. The fraction of sp³-hybridized carbons (Fsp3) is 0.818. The van der Waals surface area contributed by atoms with Crippen molar-refractivity contribution in [1.82, 2.24) is 10.2 Å². The molecule has 2 fully saturated rings. The van der Waals surface area contributed by atoms with Crippen molar-refractivity contribution in [3.63, 3.8) is 0 Å². The Morgan fingerprint density at radius 2 is 1.87 bits per heavy atom. The molecular formula is C11H18N2O2. The molecule has 3 amide bonds. The van der Waals surface area contributed by atoms with Gasteiger partial charge < -0.3 is 5.32 Å². The van der Waals surface area contributed by atoms with Gasteiger partial charge in [0.25, 0.3) is 0 Å². The highest BCUT2D eigenvalue weighted by molar-refractivity contribution is 6.02. The Bertz CT molecular complexity index is 273. The van der Waals surface area contributed by atoms with Crippen LogP contribution in [0.4, 0.5) is 4.79 Å². The minimum absolute atomic E-state index is 0.0651. The largest absolute Gasteiger partial charge is 0.329 e. The number of carbonyl (C=O) groups is 2. The Morgan fingerprint density at radius 3 is 2.33 bits per heavy atom. The lowest BCUT2D eigenvalue weighted by atomic mass is 9.75. The molecule has 1 N–H and O–H groups in total. The Balaban J connectivity index is 2.01. The SMILES string of the molecule is CC1(C)CCC(N2C(=O)CNC2=O)CC1. The van der Waals surface area contributed by atoms with Gasteiger partial charge in [0.15, 0.2) is 0 Å². The van der Waals surface area contributed by atoms with Crippen molar-refractivity contribution in [3.05, 3.63) is 0 Å². The van der Waals surface area contributed by atoms with E-state index in [2.05, 4.69) is 19.2 Å². The van der Waals surface area contributed by atoms with Crippen LogP contribution in [-0.4, -0.2) is 29.4 Å². The molecule has 0 unspecified atom stereocenters. The molecule has 0 aromatic heterocycles. The van der Waals surface area contributed by atoms with E-state index < -0.39 is 0 Å². The van der Waals surface area contributed by atoms with Gasteiger partial charge in [-0.2, -0.15) is 0 Å². The normalized spacial score (nSPS) is 26.9. The van der Waals surface area contributed by atoms with Crippen LogP contribution in [0.5, 0.6) is 0 Å². The second kappa shape index (κ2) is 3.51. The van der Waals surface area contributed by atoms with Crippen molar-refractivity contribution in [2.24, 2.45) is 5.41 Å². The van der Waals surface area contributed by atoms with Gasteiger partial charge in [-0.3, -0.25) is 9.69 Å². The molecule has 4 heteroatoms. The van der Waals surface area contributed by atoms with Crippen LogP contribution in [0.1, 0.15) is 39.5 Å². The number of amides is 3. The zero-order valence-electron chi connectivity index (χ0n) is 9.38. The Labute approximate surface area is 90.0 Å². The van der Waals surface area contributed by atoms with Crippen LogP contribution in [-0.2, 0) is 4.79 Å². The third-order valence-electron chi connectivity index (χ3n) is 3.55. The summed E-state index contributed by atoms with van der Waals surface area (Å²) in [5.74, 6) is -0.0651. The highest BCUT2D eigenvalue weighted by Gasteiger charge is 2.38. The first kappa shape index (κ1) is 10.5. The van der Waals surface area contributed by atoms with Crippen LogP contribution < -0.4 is 5.32 Å². The molecule has 2 aliphatic rings. The summed E-state index contributed by atoms with van der Waals surface area (Å²) >= 11 is 0. The van der Waals surface area contributed by atoms with E-state index in [9.17, 15) is 9.59 Å². The minimum Gasteiger partial charge on any atom is -0.329 e. The molecule has 84 valence electrons. The van der Waals surface area contributed by atoms with E-state index in [1.54, 1.807) is 0 Å². The molecule has 0 aromatic rings. The van der Waals surface area contributed by atoms with Crippen LogP contribution in [0.15, 0.2) is 0 Å². The van der Waals surface area contributed by atoms with Gasteiger partial charge in [-0.05, 0) is 31.1 Å². The molecule has 1 heterocycles. The summed E-state index contributed by atoms with van der Waals surface area (Å²) < 4.78 is 0. The number of carbonyl (C=O) groups excluding carboxylic acids is 2. The van der Waals surface area contributed by atoms with Gasteiger partial charge in [0, 0.05) is 6.04 Å². The fourth-order valence-electron chi connectivity index (χ4n) is 2.45. The molecule has 0 spiro atoms. The van der Waals surface area contributed by atoms with Crippen LogP contribution in [0.3, 0.4) is 0 Å². The highest BCUT2D eigenvalue weighted by Crippen LogP contribution is 2.37. The average molecular weight is 210 g/mol. The molecule has 1 saturated carbocycles. The number of nitrogens with zero attached hydrogens (tertiary/aromatic N) is 1. The van der Waals surface area contributed by atoms with E-state index in [1.807, 2.05) is 0 Å². The summed E-state index contributed by atoms with van der Waals surface area (Å²) in [5, 5.41) is 2.57. The van der Waals surface area contributed by atoms with E-state index >= 15 is 0 Å². The molecular weight excluding hydrogens is 192 g/mol. The maximum Gasteiger partial charge on any atom is 0.324 e. The third kappa shape index (κ3) is 1.98. The van der Waals surface area contributed by atoms with Crippen LogP contribution in [0.2, 0.25) is 0 Å². The van der Waals surface area contributed by atoms with Gasteiger partial charge in [0.05, 0.1) is 6.54 Å². The number of urea groups is 1. The van der Waals surface area contributed by atoms with Crippen molar-refractivity contribution in [2.45, 2.75) is 45.6 Å². The number of rotatable bonds is 1. The first-order valence-corrected chi connectivity index (χ1v) is 5.59. The number of nitrogens with one attached hydrogen (secondary N) is 1. The van der Waals surface area contributed by atoms with Gasteiger partial charge in [0.1, 0.15) is 0 Å². The van der Waals surface area contributed by atoms with Crippen molar-refractivity contribution in [3.8, 4) is 0 Å². The van der Waals surface area contributed by atoms with Crippen LogP contribution in [0.25, 0.3) is 0 Å². The first-order valence-electron chi connectivity index (χ1n) is 5.59. The second-order valence-corrected chi connectivity index (χ2v) is 5.32. The maximum atomic E-state index is 11.5. The predicted molar refractivity (Wildman–Crippen MR) is 56.3 cm³/mol. The zero-order valence-corrected chi connectivity index (χ0v) is 9.38. The Hall–Kier alpha value is -1.06. The molecule has 0 radical (unpaired) electrons. The lowest BCUT2D eigenvalue weighted by molar-refractivity contribution is -0.127. The molecule has 1 aliphatic carbocycles. The van der Waals surface area contributed by atoms with E-state index in [1.165, 1.54) is 4.90 Å². The fourth-order valence-corrected chi connectivity index (χ4v) is 2.45. The lowest BCUT2D eigenvalue weighted by Gasteiger charge is -2.37. The number of imide groups is 1. The van der Waals surface area contributed by atoms with E-state index in [4.69, 9.17) is 0 Å². The van der Waals surface area contributed by atoms with Gasteiger partial charge in [-0.15, -0.1) is 0 Å².